The van der Waals surface area contributed by atoms with Crippen LogP contribution in [0.2, 0.25) is 0 Å². The van der Waals surface area contributed by atoms with Gasteiger partial charge in [-0.1, -0.05) is 0 Å². The van der Waals surface area contributed by atoms with Gasteiger partial charge in [-0.15, -0.1) is 0 Å². The molecule has 0 unspecified atom stereocenters. The molecule has 3 fully saturated rings. The van der Waals surface area contributed by atoms with Crippen molar-refractivity contribution in [1.29, 1.82) is 0 Å². The second kappa shape index (κ2) is 18.6. The summed E-state index contributed by atoms with van der Waals surface area (Å²) in [6, 6.07) is 0. The van der Waals surface area contributed by atoms with Crippen LogP contribution in [0.3, 0.4) is 0 Å². The van der Waals surface area contributed by atoms with E-state index >= 15 is 0 Å². The topological polar surface area (TPSA) is 124 Å². The molecule has 0 N–H and O–H groups in total. The van der Waals surface area contributed by atoms with Gasteiger partial charge in [0.05, 0.1) is 0 Å². The fraction of sp³-hybridized carbons (Fsp3) is 0.375. The molecule has 2 saturated carbocycles. The van der Waals surface area contributed by atoms with E-state index < -0.39 is 31.3 Å². The van der Waals surface area contributed by atoms with Crippen LogP contribution in [0.1, 0.15) is 12.8 Å². The molecule has 0 aromatic heterocycles. The average molecular weight is 582 g/mol. The number of hydrogen-bond donors (Lipinski definition) is 0. The molecule has 3 rings (SSSR count). The summed E-state index contributed by atoms with van der Waals surface area (Å²) in [5.74, 6) is 0. The molecule has 3 aliphatic rings. The van der Waals surface area contributed by atoms with Crippen LogP contribution in [-0.2, 0) is 51.2 Å². The van der Waals surface area contributed by atoms with E-state index in [1.165, 1.54) is 12.8 Å². The molecule has 0 bridgehead atoms. The van der Waals surface area contributed by atoms with Crippen LogP contribution in [0.15, 0.2) is 0 Å². The summed E-state index contributed by atoms with van der Waals surface area (Å²) in [5, 5.41) is 0. The van der Waals surface area contributed by atoms with E-state index in [-0.39, 0.29) is 26.2 Å². The molecule has 2 aliphatic carbocycles. The van der Waals surface area contributed by atoms with Crippen LogP contribution in [0.4, 0.5) is 26.3 Å². The molecule has 32 heavy (non-hydrogen) atoms. The molecular formula is C16H8F6O7S2Zr. The largest absolute Gasteiger partial charge is 2.00 e. The van der Waals surface area contributed by atoms with Crippen LogP contribution in [0.25, 0.3) is 0 Å². The predicted molar refractivity (Wildman–Crippen MR) is 84.0 cm³/mol. The molecule has 1 heterocycles. The number of ether oxygens (including phenoxy) is 1. The van der Waals surface area contributed by atoms with Crippen molar-refractivity contribution >= 4 is 20.2 Å². The zero-order chi connectivity index (χ0) is 24.6. The average Bonchev–Trinajstić information content (AvgIpc) is 3.40. The molecule has 0 amide bonds. The molecule has 0 atom stereocenters. The molecule has 0 spiro atoms. The molecule has 0 aromatic carbocycles. The fourth-order valence-corrected chi connectivity index (χ4v) is 0.823. The Labute approximate surface area is 204 Å². The summed E-state index contributed by atoms with van der Waals surface area (Å²) in [4.78, 5) is 0. The van der Waals surface area contributed by atoms with Gasteiger partial charge in [0, 0.05) is 77.4 Å². The van der Waals surface area contributed by atoms with E-state index in [1.54, 1.807) is 0 Å². The quantitative estimate of drug-likeness (QED) is 0.242. The Morgan fingerprint density at radius 3 is 0.781 bits per heavy atom. The minimum atomic E-state index is -6.09. The van der Waals surface area contributed by atoms with Crippen LogP contribution < -0.4 is 0 Å². The molecule has 172 valence electrons. The first kappa shape index (κ1) is 36.8. The van der Waals surface area contributed by atoms with Crippen molar-refractivity contribution in [2.24, 2.45) is 0 Å². The normalized spacial score (nSPS) is 18.2. The van der Waals surface area contributed by atoms with E-state index in [0.717, 1.165) is 13.2 Å². The van der Waals surface area contributed by atoms with Gasteiger partial charge in [-0.2, -0.15) is 26.3 Å². The standard InChI is InChI=1S/2C5.C4H8O.2CHF3O3S.Zr/c3*1-2-4-5-3-1;2*2-1(3,4)8(5,6)7;/h;;1-4H2;2*(H,5,6,7);/q;;;;;+2/p-2. The molecule has 20 radical (unpaired) electrons. The SMILES string of the molecule is C1CCOC1.O=S(=O)([O-])C(F)(F)F.O=S(=O)([O-])C(F)(F)F.[C]1[C][C][C][C]1.[C]1[C][C][C][C]1.[Zr+2]. The maximum Gasteiger partial charge on any atom is 2.00 e. The number of rotatable bonds is 0. The molecule has 1 aliphatic heterocycles. The first-order valence-corrected chi connectivity index (χ1v) is 9.94. The Morgan fingerprint density at radius 1 is 0.562 bits per heavy atom. The summed E-state index contributed by atoms with van der Waals surface area (Å²) in [7, 11) is -12.2. The first-order chi connectivity index (χ1) is 14.0. The minimum Gasteiger partial charge on any atom is -0.741 e. The maximum absolute atomic E-state index is 10.7. The Bertz CT molecular complexity index is 552. The van der Waals surface area contributed by atoms with Crippen molar-refractivity contribution in [3.05, 3.63) is 64.2 Å². The monoisotopic (exact) mass is 580 g/mol. The second-order valence-electron chi connectivity index (χ2n) is 4.37. The first-order valence-electron chi connectivity index (χ1n) is 7.12. The molecular weight excluding hydrogens is 574 g/mol. The van der Waals surface area contributed by atoms with Crippen LogP contribution in [0, 0.1) is 64.2 Å². The zero-order valence-electron chi connectivity index (χ0n) is 15.3. The second-order valence-corrected chi connectivity index (χ2v) is 7.11. The van der Waals surface area contributed by atoms with Gasteiger partial charge in [0.25, 0.3) is 0 Å². The Kier molecular flexibility index (Phi) is 21.3. The third kappa shape index (κ3) is 23.4. The Morgan fingerprint density at radius 2 is 0.719 bits per heavy atom. The van der Waals surface area contributed by atoms with Crippen LogP contribution >= 0.6 is 0 Å². The van der Waals surface area contributed by atoms with Gasteiger partial charge in [0.1, 0.15) is 0 Å². The number of alkyl halides is 6. The van der Waals surface area contributed by atoms with Gasteiger partial charge in [-0.05, 0) is 12.8 Å². The molecule has 7 nitrogen and oxygen atoms in total. The smallest absolute Gasteiger partial charge is 0.741 e. The predicted octanol–water partition coefficient (Wildman–Crippen LogP) is 1.71. The van der Waals surface area contributed by atoms with Crippen molar-refractivity contribution in [3.63, 3.8) is 0 Å². The van der Waals surface area contributed by atoms with Gasteiger partial charge < -0.3 is 13.8 Å². The summed E-state index contributed by atoms with van der Waals surface area (Å²) in [6.07, 6.45) is 27.6. The third-order valence-electron chi connectivity index (χ3n) is 2.02. The van der Waals surface area contributed by atoms with Crippen molar-refractivity contribution in [3.8, 4) is 0 Å². The van der Waals surface area contributed by atoms with E-state index in [2.05, 4.69) is 64.2 Å². The summed E-state index contributed by atoms with van der Waals surface area (Å²) >= 11 is 0. The molecule has 0 aromatic rings. The molecule has 16 heteroatoms. The van der Waals surface area contributed by atoms with E-state index in [4.69, 9.17) is 30.7 Å². The van der Waals surface area contributed by atoms with E-state index in [1.807, 2.05) is 0 Å². The van der Waals surface area contributed by atoms with Crippen LogP contribution in [-0.4, -0.2) is 50.2 Å². The molecule has 1 saturated heterocycles. The Hall–Kier alpha value is 0.243. The van der Waals surface area contributed by atoms with Crippen molar-refractivity contribution < 1.29 is 83.2 Å². The summed E-state index contributed by atoms with van der Waals surface area (Å²) in [5.41, 5.74) is -11.3. The number of halogens is 6. The Balaban J connectivity index is -0.000000330. The van der Waals surface area contributed by atoms with Gasteiger partial charge in [-0.3, -0.25) is 0 Å². The van der Waals surface area contributed by atoms with Crippen molar-refractivity contribution in [2.75, 3.05) is 13.2 Å². The number of hydrogen-bond acceptors (Lipinski definition) is 7. The van der Waals surface area contributed by atoms with Gasteiger partial charge in [0.2, 0.25) is 0 Å². The summed E-state index contributed by atoms with van der Waals surface area (Å²) < 4.78 is 123. The van der Waals surface area contributed by atoms with Crippen molar-refractivity contribution in [1.82, 2.24) is 0 Å². The van der Waals surface area contributed by atoms with E-state index in [9.17, 15) is 26.3 Å². The third-order valence-corrected chi connectivity index (χ3v) is 3.15. The fourth-order valence-electron chi connectivity index (χ4n) is 0.823. The van der Waals surface area contributed by atoms with Gasteiger partial charge >= 0.3 is 37.2 Å². The van der Waals surface area contributed by atoms with Crippen LogP contribution in [0.5, 0.6) is 0 Å². The van der Waals surface area contributed by atoms with Gasteiger partial charge in [-0.25, -0.2) is 16.8 Å². The van der Waals surface area contributed by atoms with E-state index in [0.29, 0.717) is 0 Å². The zero-order valence-corrected chi connectivity index (χ0v) is 19.4. The maximum atomic E-state index is 10.7. The van der Waals surface area contributed by atoms with Crippen molar-refractivity contribution in [2.45, 2.75) is 23.9 Å². The van der Waals surface area contributed by atoms with Gasteiger partial charge in [0.15, 0.2) is 20.2 Å². The summed E-state index contributed by atoms with van der Waals surface area (Å²) in [6.45, 7) is 2.00. The minimum absolute atomic E-state index is 0.